The number of nitrogens with one attached hydrogen (secondary N) is 2. The van der Waals surface area contributed by atoms with E-state index in [1.165, 1.54) is 18.2 Å². The molecule has 0 radical (unpaired) electrons. The number of Topliss-reactive ketones (excluding diaryl/α,β-unsaturated/α-hetero) is 1. The van der Waals surface area contributed by atoms with Crippen molar-refractivity contribution in [2.45, 2.75) is 77.3 Å². The molecule has 0 spiro atoms. The fourth-order valence-corrected chi connectivity index (χ4v) is 5.60. The molecule has 0 saturated carbocycles. The van der Waals surface area contributed by atoms with Crippen molar-refractivity contribution in [1.82, 2.24) is 15.5 Å². The smallest absolute Gasteiger partial charge is 0.253 e. The molecule has 9 nitrogen and oxygen atoms in total. The lowest BCUT2D eigenvalue weighted by atomic mass is 9.88. The molecule has 3 rings (SSSR count). The molecule has 1 aliphatic heterocycles. The first-order chi connectivity index (χ1) is 21.0. The molecule has 3 unspecified atom stereocenters. The average molecular weight is 613 g/mol. The van der Waals surface area contributed by atoms with Crippen molar-refractivity contribution in [3.63, 3.8) is 0 Å². The van der Waals surface area contributed by atoms with Crippen molar-refractivity contribution in [3.8, 4) is 0 Å². The van der Waals surface area contributed by atoms with E-state index in [1.807, 2.05) is 13.8 Å². The third kappa shape index (κ3) is 10.0. The van der Waals surface area contributed by atoms with E-state index in [0.29, 0.717) is 38.6 Å². The van der Waals surface area contributed by atoms with Crippen molar-refractivity contribution in [1.29, 1.82) is 0 Å². The van der Waals surface area contributed by atoms with Gasteiger partial charge in [0.2, 0.25) is 5.91 Å². The Morgan fingerprint density at radius 3 is 2.27 bits per heavy atom. The van der Waals surface area contributed by atoms with Crippen LogP contribution in [0.2, 0.25) is 0 Å². The summed E-state index contributed by atoms with van der Waals surface area (Å²) in [6.45, 7) is 5.12. The topological polar surface area (TPSA) is 139 Å². The summed E-state index contributed by atoms with van der Waals surface area (Å²) in [6.07, 6.45) is 4.96. The van der Waals surface area contributed by atoms with Gasteiger partial charge in [0, 0.05) is 60.3 Å². The summed E-state index contributed by atoms with van der Waals surface area (Å²) >= 11 is 0. The third-order valence-corrected chi connectivity index (χ3v) is 7.83. The van der Waals surface area contributed by atoms with Crippen molar-refractivity contribution < 1.29 is 32.8 Å². The number of nitrogens with two attached hydrogens (primary N) is 1. The van der Waals surface area contributed by atoms with Crippen LogP contribution < -0.4 is 16.4 Å². The fraction of sp³-hybridized carbons (Fsp3) is 0.485. The molecule has 3 amide bonds. The van der Waals surface area contributed by atoms with Crippen LogP contribution in [0.25, 0.3) is 0 Å². The molecule has 1 aliphatic rings. The first-order valence-corrected chi connectivity index (χ1v) is 15.2. The van der Waals surface area contributed by atoms with E-state index in [0.717, 1.165) is 43.9 Å². The van der Waals surface area contributed by atoms with E-state index >= 15 is 0 Å². The lowest BCUT2D eigenvalue weighted by Crippen LogP contribution is -2.43. The van der Waals surface area contributed by atoms with E-state index in [9.17, 15) is 32.8 Å². The molecule has 0 bridgehead atoms. The molecule has 238 valence electrons. The van der Waals surface area contributed by atoms with Gasteiger partial charge in [-0.25, -0.2) is 8.78 Å². The normalized spacial score (nSPS) is 16.5. The number of nitrogens with zero attached hydrogens (tertiary/aromatic N) is 1. The molecule has 0 aliphatic carbocycles. The predicted octanol–water partition coefficient (Wildman–Crippen LogP) is 3.97. The van der Waals surface area contributed by atoms with Gasteiger partial charge in [0.25, 0.3) is 11.8 Å². The SMILES string of the molecule is CCCN(CCC)C(=O)c1cc(C(N)=O)cc(C(=O)NC(Cc2cc(F)cc(F)c2)C(C=O)CCC2CCCC(=O)CN2)c1. The Kier molecular flexibility index (Phi) is 13.1. The van der Waals surface area contributed by atoms with E-state index in [1.54, 1.807) is 4.90 Å². The maximum atomic E-state index is 14.1. The van der Waals surface area contributed by atoms with Crippen LogP contribution in [0.4, 0.5) is 8.78 Å². The van der Waals surface area contributed by atoms with Crippen molar-refractivity contribution >= 4 is 29.8 Å². The highest BCUT2D eigenvalue weighted by molar-refractivity contribution is 6.04. The number of aldehydes is 1. The van der Waals surface area contributed by atoms with E-state index in [-0.39, 0.29) is 53.0 Å². The Morgan fingerprint density at radius 2 is 1.66 bits per heavy atom. The Morgan fingerprint density at radius 1 is 1.02 bits per heavy atom. The van der Waals surface area contributed by atoms with Gasteiger partial charge in [-0.3, -0.25) is 19.2 Å². The molecule has 2 aromatic carbocycles. The zero-order valence-corrected chi connectivity index (χ0v) is 25.4. The minimum Gasteiger partial charge on any atom is -0.366 e. The van der Waals surface area contributed by atoms with Gasteiger partial charge in [-0.2, -0.15) is 0 Å². The van der Waals surface area contributed by atoms with Gasteiger partial charge in [-0.05, 0) is 80.8 Å². The van der Waals surface area contributed by atoms with Gasteiger partial charge < -0.3 is 26.1 Å². The second kappa shape index (κ2) is 16.7. The molecular formula is C33H42F2N4O5. The first kappa shape index (κ1) is 34.5. The number of benzene rings is 2. The zero-order chi connectivity index (χ0) is 32.2. The summed E-state index contributed by atoms with van der Waals surface area (Å²) in [6, 6.07) is 6.16. The lowest BCUT2D eigenvalue weighted by Gasteiger charge is -2.27. The third-order valence-electron chi connectivity index (χ3n) is 7.83. The summed E-state index contributed by atoms with van der Waals surface area (Å²) in [5.74, 6) is -4.04. The average Bonchev–Trinajstić information content (AvgIpc) is 3.19. The van der Waals surface area contributed by atoms with Crippen molar-refractivity contribution in [2.75, 3.05) is 19.6 Å². The van der Waals surface area contributed by atoms with Gasteiger partial charge in [-0.1, -0.05) is 13.8 Å². The van der Waals surface area contributed by atoms with Gasteiger partial charge in [0.1, 0.15) is 23.7 Å². The predicted molar refractivity (Wildman–Crippen MR) is 162 cm³/mol. The molecule has 1 saturated heterocycles. The molecule has 4 N–H and O–H groups in total. The number of hydrogen-bond acceptors (Lipinski definition) is 6. The lowest BCUT2D eigenvalue weighted by molar-refractivity contribution is -0.118. The summed E-state index contributed by atoms with van der Waals surface area (Å²) in [7, 11) is 0. The second-order valence-electron chi connectivity index (χ2n) is 11.4. The van der Waals surface area contributed by atoms with Crippen LogP contribution in [0.15, 0.2) is 36.4 Å². The molecule has 1 heterocycles. The number of ketones is 1. The highest BCUT2D eigenvalue weighted by atomic mass is 19.1. The monoisotopic (exact) mass is 612 g/mol. The van der Waals surface area contributed by atoms with Crippen LogP contribution in [-0.4, -0.2) is 66.4 Å². The van der Waals surface area contributed by atoms with Gasteiger partial charge >= 0.3 is 0 Å². The second-order valence-corrected chi connectivity index (χ2v) is 11.4. The minimum absolute atomic E-state index is 0.00173. The highest BCUT2D eigenvalue weighted by Crippen LogP contribution is 2.21. The number of carbonyl (C=O) groups is 5. The van der Waals surface area contributed by atoms with E-state index in [4.69, 9.17) is 5.73 Å². The molecular weight excluding hydrogens is 570 g/mol. The molecule has 2 aromatic rings. The fourth-order valence-electron chi connectivity index (χ4n) is 5.60. The van der Waals surface area contributed by atoms with Crippen LogP contribution in [0, 0.1) is 17.6 Å². The minimum atomic E-state index is -0.873. The van der Waals surface area contributed by atoms with Crippen LogP contribution in [0.5, 0.6) is 0 Å². The molecule has 0 aromatic heterocycles. The number of carbonyl (C=O) groups excluding carboxylic acids is 5. The Balaban J connectivity index is 1.91. The zero-order valence-electron chi connectivity index (χ0n) is 25.4. The number of rotatable bonds is 15. The largest absolute Gasteiger partial charge is 0.366 e. The van der Waals surface area contributed by atoms with Gasteiger partial charge in [0.05, 0.1) is 6.54 Å². The molecule has 11 heteroatoms. The summed E-state index contributed by atoms with van der Waals surface area (Å²) in [4.78, 5) is 65.0. The maximum Gasteiger partial charge on any atom is 0.253 e. The molecule has 1 fully saturated rings. The molecule has 3 atom stereocenters. The maximum absolute atomic E-state index is 14.1. The standard InChI is InChI=1S/C33H42F2N4O5/c1-3-10-39(11-4-2)33(44)25-16-23(31(36)42)15-24(17-25)32(43)38-30(14-21-12-26(34)18-27(35)13-21)22(20-40)8-9-28-6-5-7-29(41)19-37-28/h12-13,15-18,20,22,28,30,37H,3-11,14,19H2,1-2H3,(H2,36,42)(H,38,43). The van der Waals surface area contributed by atoms with Crippen LogP contribution in [0.1, 0.15) is 95.4 Å². The van der Waals surface area contributed by atoms with Crippen LogP contribution >= 0.6 is 0 Å². The number of halogens is 2. The van der Waals surface area contributed by atoms with Crippen LogP contribution in [0.3, 0.4) is 0 Å². The number of hydrogen-bond donors (Lipinski definition) is 3. The van der Waals surface area contributed by atoms with E-state index in [2.05, 4.69) is 10.6 Å². The number of primary amides is 1. The highest BCUT2D eigenvalue weighted by Gasteiger charge is 2.27. The quantitative estimate of drug-likeness (QED) is 0.260. The van der Waals surface area contributed by atoms with E-state index < -0.39 is 35.4 Å². The Hall–Kier alpha value is -3.99. The van der Waals surface area contributed by atoms with Gasteiger partial charge in [-0.15, -0.1) is 0 Å². The van der Waals surface area contributed by atoms with Crippen molar-refractivity contribution in [2.24, 2.45) is 11.7 Å². The Bertz CT molecular complexity index is 1330. The van der Waals surface area contributed by atoms with Crippen molar-refractivity contribution in [3.05, 3.63) is 70.3 Å². The summed E-state index contributed by atoms with van der Waals surface area (Å²) < 4.78 is 28.1. The summed E-state index contributed by atoms with van der Waals surface area (Å²) in [5, 5.41) is 6.03. The Labute approximate surface area is 256 Å². The number of amides is 3. The first-order valence-electron chi connectivity index (χ1n) is 15.2. The van der Waals surface area contributed by atoms with Crippen LogP contribution in [-0.2, 0) is 16.0 Å². The van der Waals surface area contributed by atoms with Gasteiger partial charge in [0.15, 0.2) is 0 Å². The summed E-state index contributed by atoms with van der Waals surface area (Å²) in [5.41, 5.74) is 5.86. The molecule has 44 heavy (non-hydrogen) atoms.